The zero-order chi connectivity index (χ0) is 37.4. The van der Waals surface area contributed by atoms with Crippen LogP contribution >= 0.6 is 15.9 Å². The van der Waals surface area contributed by atoms with Crippen LogP contribution in [-0.2, 0) is 62.0 Å². The topological polar surface area (TPSA) is 333 Å². The standard InChI is InChI=1S/C14H19N3O9.C12H16BrN3O7/c1-6(18)25-5-10-8(3-12(21)22)14(16-17-15)7(2-11(19)20)9(26-10)4-13(23)24;1-5(17)20-4-8-10(21-6(2)18)9(15-16-14)11(12(13)23-8)22-7(3)19/h7-10,14H,2-5H2,1H3,(H,19,20)(H,21,22)(H,23,24);8-12H,4H2,1-3H3/t7-,8-,9?,10-,14-;8-,9+,10+,11-,12+/m01/s1. The average Bonchev–Trinajstić information content (AvgIpc) is 2.96. The van der Waals surface area contributed by atoms with Crippen LogP contribution in [0.2, 0.25) is 0 Å². The first-order chi connectivity index (χ1) is 22.9. The van der Waals surface area contributed by atoms with Crippen molar-refractivity contribution in [2.75, 3.05) is 13.2 Å². The Bertz CT molecular complexity index is 1340. The molecule has 2 heterocycles. The van der Waals surface area contributed by atoms with Gasteiger partial charge >= 0.3 is 41.8 Å². The summed E-state index contributed by atoms with van der Waals surface area (Å²) in [5.41, 5.74) is 17.6. The van der Waals surface area contributed by atoms with Crippen LogP contribution in [0.1, 0.15) is 47.0 Å². The number of esters is 4. The molecular formula is C26H35BrN6O16. The van der Waals surface area contributed by atoms with E-state index in [0.29, 0.717) is 0 Å². The first-order valence-corrected chi connectivity index (χ1v) is 15.1. The molecule has 0 aromatic rings. The second kappa shape index (κ2) is 20.6. The normalized spacial score (nSPS) is 28.8. The molecule has 10 atom stereocenters. The molecule has 0 spiro atoms. The summed E-state index contributed by atoms with van der Waals surface area (Å²) in [7, 11) is 0. The number of halogens is 1. The Labute approximate surface area is 285 Å². The molecule has 1 unspecified atom stereocenters. The predicted molar refractivity (Wildman–Crippen MR) is 160 cm³/mol. The van der Waals surface area contributed by atoms with E-state index in [9.17, 15) is 33.6 Å². The Morgan fingerprint density at radius 2 is 1.06 bits per heavy atom. The number of nitrogens with zero attached hydrogens (tertiary/aromatic N) is 6. The van der Waals surface area contributed by atoms with Crippen molar-refractivity contribution in [2.24, 2.45) is 22.1 Å². The molecule has 0 aliphatic carbocycles. The lowest BCUT2D eigenvalue weighted by Gasteiger charge is -2.44. The van der Waals surface area contributed by atoms with Gasteiger partial charge in [0.1, 0.15) is 37.6 Å². The van der Waals surface area contributed by atoms with Gasteiger partial charge in [0.2, 0.25) is 0 Å². The van der Waals surface area contributed by atoms with Crippen molar-refractivity contribution in [3.05, 3.63) is 20.9 Å². The minimum atomic E-state index is -1.28. The number of alkyl halides is 1. The Balaban J connectivity index is 0.000000494. The fraction of sp³-hybridized carbons (Fsp3) is 0.731. The van der Waals surface area contributed by atoms with E-state index in [1.165, 1.54) is 13.8 Å². The van der Waals surface area contributed by atoms with Gasteiger partial charge in [-0.3, -0.25) is 33.6 Å². The minimum absolute atomic E-state index is 0.223. The van der Waals surface area contributed by atoms with Crippen LogP contribution in [-0.4, -0.2) is 118 Å². The third-order valence-electron chi connectivity index (χ3n) is 6.86. The van der Waals surface area contributed by atoms with Gasteiger partial charge in [-0.05, 0) is 11.1 Å². The lowest BCUT2D eigenvalue weighted by molar-refractivity contribution is -0.200. The molecule has 49 heavy (non-hydrogen) atoms. The molecule has 0 aromatic heterocycles. The molecule has 0 amide bonds. The van der Waals surface area contributed by atoms with Crippen molar-refractivity contribution >= 4 is 57.7 Å². The Hall–Kier alpha value is -4.69. The highest BCUT2D eigenvalue weighted by atomic mass is 79.9. The summed E-state index contributed by atoms with van der Waals surface area (Å²) in [5, 5.41) is 33.5. The zero-order valence-electron chi connectivity index (χ0n) is 26.5. The quantitative estimate of drug-likeness (QED) is 0.0567. The maximum atomic E-state index is 11.3. The summed E-state index contributed by atoms with van der Waals surface area (Å²) in [6, 6.07) is -2.20. The summed E-state index contributed by atoms with van der Waals surface area (Å²) >= 11 is 3.17. The lowest BCUT2D eigenvalue weighted by atomic mass is 9.75. The number of aliphatic carboxylic acids is 3. The van der Waals surface area contributed by atoms with Gasteiger partial charge in [0.05, 0.1) is 31.5 Å². The van der Waals surface area contributed by atoms with E-state index in [1.807, 2.05) is 0 Å². The van der Waals surface area contributed by atoms with Crippen LogP contribution in [0.15, 0.2) is 10.2 Å². The fourth-order valence-corrected chi connectivity index (χ4v) is 5.81. The molecule has 3 N–H and O–H groups in total. The smallest absolute Gasteiger partial charge is 0.305 e. The van der Waals surface area contributed by atoms with E-state index < -0.39 is 121 Å². The maximum absolute atomic E-state index is 11.3. The number of hydrogen-bond acceptors (Lipinski definition) is 15. The fourth-order valence-electron chi connectivity index (χ4n) is 5.12. The third-order valence-corrected chi connectivity index (χ3v) is 7.59. The highest BCUT2D eigenvalue weighted by Crippen LogP contribution is 2.38. The predicted octanol–water partition coefficient (Wildman–Crippen LogP) is 1.86. The van der Waals surface area contributed by atoms with Gasteiger partial charge in [0.25, 0.3) is 0 Å². The first kappa shape index (κ1) is 42.3. The monoisotopic (exact) mass is 766 g/mol. The maximum Gasteiger partial charge on any atom is 0.305 e. The lowest BCUT2D eigenvalue weighted by Crippen LogP contribution is -2.58. The highest BCUT2D eigenvalue weighted by Gasteiger charge is 2.49. The van der Waals surface area contributed by atoms with Crippen molar-refractivity contribution in [3.8, 4) is 0 Å². The Morgan fingerprint density at radius 1 is 0.633 bits per heavy atom. The highest BCUT2D eigenvalue weighted by molar-refractivity contribution is 9.09. The van der Waals surface area contributed by atoms with Crippen LogP contribution < -0.4 is 0 Å². The molecule has 2 aliphatic heterocycles. The largest absolute Gasteiger partial charge is 0.481 e. The van der Waals surface area contributed by atoms with Gasteiger partial charge in [-0.25, -0.2) is 0 Å². The van der Waals surface area contributed by atoms with Crippen molar-refractivity contribution in [1.29, 1.82) is 0 Å². The van der Waals surface area contributed by atoms with Crippen LogP contribution in [0, 0.1) is 11.8 Å². The number of rotatable bonds is 14. The minimum Gasteiger partial charge on any atom is -0.481 e. The van der Waals surface area contributed by atoms with Gasteiger partial charge < -0.3 is 43.7 Å². The number of carbonyl (C=O) groups excluding carboxylic acids is 4. The van der Waals surface area contributed by atoms with Gasteiger partial charge in [-0.1, -0.05) is 26.2 Å². The summed E-state index contributed by atoms with van der Waals surface area (Å²) in [6.07, 6.45) is -6.88. The van der Waals surface area contributed by atoms with E-state index in [2.05, 4.69) is 36.0 Å². The molecule has 2 aliphatic rings. The number of carbonyl (C=O) groups is 7. The zero-order valence-corrected chi connectivity index (χ0v) is 28.1. The van der Waals surface area contributed by atoms with Crippen molar-refractivity contribution in [1.82, 2.24) is 0 Å². The van der Waals surface area contributed by atoms with Gasteiger partial charge in [0.15, 0.2) is 5.01 Å². The van der Waals surface area contributed by atoms with E-state index in [-0.39, 0.29) is 13.2 Å². The molecule has 272 valence electrons. The molecule has 2 rings (SSSR count). The van der Waals surface area contributed by atoms with E-state index in [1.54, 1.807) is 0 Å². The van der Waals surface area contributed by atoms with Crippen LogP contribution in [0.25, 0.3) is 20.9 Å². The number of hydrogen-bond donors (Lipinski definition) is 3. The number of carboxylic acid groups (broad SMARTS) is 3. The summed E-state index contributed by atoms with van der Waals surface area (Å²) in [6.45, 7) is 4.08. The average molecular weight is 767 g/mol. The molecule has 0 saturated carbocycles. The van der Waals surface area contributed by atoms with Crippen molar-refractivity contribution in [3.63, 3.8) is 0 Å². The van der Waals surface area contributed by atoms with Crippen molar-refractivity contribution < 1.29 is 77.3 Å². The van der Waals surface area contributed by atoms with Crippen LogP contribution in [0.3, 0.4) is 0 Å². The molecule has 2 saturated heterocycles. The van der Waals surface area contributed by atoms with Crippen LogP contribution in [0.4, 0.5) is 0 Å². The second-order valence-electron chi connectivity index (χ2n) is 10.5. The van der Waals surface area contributed by atoms with E-state index in [4.69, 9.17) is 54.8 Å². The number of carboxylic acids is 3. The number of azide groups is 2. The number of ether oxygens (including phenoxy) is 6. The van der Waals surface area contributed by atoms with E-state index >= 15 is 0 Å². The molecular weight excluding hydrogens is 732 g/mol. The molecule has 0 radical (unpaired) electrons. The summed E-state index contributed by atoms with van der Waals surface area (Å²) < 4.78 is 31.0. The first-order valence-electron chi connectivity index (χ1n) is 14.2. The molecule has 23 heteroatoms. The Morgan fingerprint density at radius 3 is 1.49 bits per heavy atom. The van der Waals surface area contributed by atoms with Gasteiger partial charge in [-0.15, -0.1) is 0 Å². The summed E-state index contributed by atoms with van der Waals surface area (Å²) in [4.78, 5) is 83.3. The molecule has 0 aromatic carbocycles. The molecule has 0 bridgehead atoms. The van der Waals surface area contributed by atoms with Crippen LogP contribution in [0.5, 0.6) is 0 Å². The van der Waals surface area contributed by atoms with Gasteiger partial charge in [-0.2, -0.15) is 0 Å². The molecule has 22 nitrogen and oxygen atoms in total. The Kier molecular flexibility index (Phi) is 17.8. The SMILES string of the molecule is CC(=O)OC[C@@H]1OC(CC(=O)O)[C@H](CC(=O)O)[C@H](N=[N+]=[N-])[C@H]1CC(=O)O.CC(=O)OC[C@H]1O[C@H](Br)[C@H](OC(C)=O)[C@@H](N=[N+]=[N-])[C@H]1OC(C)=O. The molecule has 2 fully saturated rings. The van der Waals surface area contributed by atoms with Gasteiger partial charge in [0, 0.05) is 55.4 Å². The summed E-state index contributed by atoms with van der Waals surface area (Å²) in [5.74, 6) is -8.33. The van der Waals surface area contributed by atoms with E-state index in [0.717, 1.165) is 13.8 Å². The van der Waals surface area contributed by atoms with Crippen molar-refractivity contribution in [2.45, 2.75) is 94.6 Å². The third kappa shape index (κ3) is 14.5. The second-order valence-corrected chi connectivity index (χ2v) is 11.4.